The second-order valence-electron chi connectivity index (χ2n) is 7.51. The van der Waals surface area contributed by atoms with Crippen LogP contribution >= 0.6 is 11.6 Å². The number of amides is 1. The number of anilines is 1. The van der Waals surface area contributed by atoms with Crippen molar-refractivity contribution in [3.63, 3.8) is 0 Å². The molecule has 3 rings (SSSR count). The van der Waals surface area contributed by atoms with E-state index in [9.17, 15) is 13.2 Å². The normalized spacial score (nSPS) is 11.1. The van der Waals surface area contributed by atoms with Crippen LogP contribution in [0.5, 0.6) is 5.75 Å². The first-order valence-electron chi connectivity index (χ1n) is 10.7. The minimum Gasteiger partial charge on any atom is -0.494 e. The van der Waals surface area contributed by atoms with Gasteiger partial charge < -0.3 is 10.1 Å². The molecule has 0 heterocycles. The lowest BCUT2D eigenvalue weighted by molar-refractivity contribution is 0.0953. The Kier molecular flexibility index (Phi) is 8.36. The van der Waals surface area contributed by atoms with Gasteiger partial charge in [-0.2, -0.15) is 0 Å². The molecule has 0 aliphatic carbocycles. The number of hydrogen-bond donors (Lipinski definition) is 2. The van der Waals surface area contributed by atoms with Crippen molar-refractivity contribution in [2.75, 3.05) is 17.9 Å². The molecule has 1 amide bonds. The van der Waals surface area contributed by atoms with Crippen LogP contribution in [0.2, 0.25) is 5.02 Å². The third kappa shape index (κ3) is 6.73. The minimum atomic E-state index is -3.78. The quantitative estimate of drug-likeness (QED) is 0.385. The molecule has 3 aromatic rings. The second kappa shape index (κ2) is 11.2. The van der Waals surface area contributed by atoms with E-state index in [0.717, 1.165) is 23.3 Å². The summed E-state index contributed by atoms with van der Waals surface area (Å²) >= 11 is 6.21. The molecule has 0 unspecified atom stereocenters. The minimum absolute atomic E-state index is 0.140. The van der Waals surface area contributed by atoms with Gasteiger partial charge in [0.15, 0.2) is 0 Å². The molecule has 3 aromatic carbocycles. The molecule has 8 heteroatoms. The Balaban J connectivity index is 1.62. The molecule has 0 saturated carbocycles. The van der Waals surface area contributed by atoms with Crippen molar-refractivity contribution >= 4 is 33.2 Å². The topological polar surface area (TPSA) is 84.5 Å². The fraction of sp³-hybridized carbons (Fsp3) is 0.240. The molecular weight excluding hydrogens is 460 g/mol. The Hall–Kier alpha value is -3.03. The predicted molar refractivity (Wildman–Crippen MR) is 132 cm³/mol. The first kappa shape index (κ1) is 24.6. The third-order valence-electron chi connectivity index (χ3n) is 4.98. The SMILES string of the molecule is CCOc1ccccc1CCCNC(=O)c1cc(NS(=O)(=O)c2ccc(C)cc2)ccc1Cl. The Morgan fingerprint density at radius 1 is 1.03 bits per heavy atom. The first-order valence-corrected chi connectivity index (χ1v) is 12.5. The summed E-state index contributed by atoms with van der Waals surface area (Å²) in [5.74, 6) is 0.484. The number of nitrogens with one attached hydrogen (secondary N) is 2. The number of carbonyl (C=O) groups is 1. The van der Waals surface area contributed by atoms with E-state index < -0.39 is 10.0 Å². The molecular formula is C25H27ClN2O4S. The summed E-state index contributed by atoms with van der Waals surface area (Å²) in [6.07, 6.45) is 1.47. The zero-order valence-corrected chi connectivity index (χ0v) is 20.2. The number of halogens is 1. The number of rotatable bonds is 10. The molecule has 6 nitrogen and oxygen atoms in total. The van der Waals surface area contributed by atoms with Gasteiger partial charge in [-0.15, -0.1) is 0 Å². The van der Waals surface area contributed by atoms with Gasteiger partial charge in [0.1, 0.15) is 5.75 Å². The van der Waals surface area contributed by atoms with Gasteiger partial charge in [-0.1, -0.05) is 47.5 Å². The summed E-state index contributed by atoms with van der Waals surface area (Å²) < 4.78 is 33.4. The van der Waals surface area contributed by atoms with Gasteiger partial charge in [0.05, 0.1) is 22.1 Å². The van der Waals surface area contributed by atoms with Crippen molar-refractivity contribution in [2.24, 2.45) is 0 Å². The maximum Gasteiger partial charge on any atom is 0.261 e. The highest BCUT2D eigenvalue weighted by Gasteiger charge is 2.17. The maximum atomic E-state index is 12.7. The molecule has 0 aliphatic rings. The summed E-state index contributed by atoms with van der Waals surface area (Å²) in [7, 11) is -3.78. The number of carbonyl (C=O) groups excluding carboxylic acids is 1. The van der Waals surface area contributed by atoms with Crippen molar-refractivity contribution in [2.45, 2.75) is 31.6 Å². The van der Waals surface area contributed by atoms with Crippen LogP contribution < -0.4 is 14.8 Å². The molecule has 0 spiro atoms. The third-order valence-corrected chi connectivity index (χ3v) is 6.70. The van der Waals surface area contributed by atoms with E-state index in [0.29, 0.717) is 19.6 Å². The van der Waals surface area contributed by atoms with Gasteiger partial charge in [-0.3, -0.25) is 9.52 Å². The van der Waals surface area contributed by atoms with Gasteiger partial charge in [0.2, 0.25) is 0 Å². The predicted octanol–water partition coefficient (Wildman–Crippen LogP) is 5.21. The van der Waals surface area contributed by atoms with Crippen LogP contribution in [0, 0.1) is 6.92 Å². The molecule has 0 atom stereocenters. The number of ether oxygens (including phenoxy) is 1. The van der Waals surface area contributed by atoms with Gasteiger partial charge in [0, 0.05) is 12.2 Å². The number of hydrogen-bond acceptors (Lipinski definition) is 4. The summed E-state index contributed by atoms with van der Waals surface area (Å²) in [6.45, 7) is 4.85. The van der Waals surface area contributed by atoms with Crippen LogP contribution in [0.3, 0.4) is 0 Å². The van der Waals surface area contributed by atoms with Gasteiger partial charge in [-0.25, -0.2) is 8.42 Å². The number of sulfonamides is 1. The van der Waals surface area contributed by atoms with Crippen molar-refractivity contribution in [1.29, 1.82) is 0 Å². The second-order valence-corrected chi connectivity index (χ2v) is 9.60. The molecule has 0 radical (unpaired) electrons. The van der Waals surface area contributed by atoms with E-state index in [2.05, 4.69) is 10.0 Å². The molecule has 0 aromatic heterocycles. The average molecular weight is 487 g/mol. The smallest absolute Gasteiger partial charge is 0.261 e. The summed E-state index contributed by atoms with van der Waals surface area (Å²) in [5, 5.41) is 3.09. The zero-order valence-electron chi connectivity index (χ0n) is 18.6. The fourth-order valence-electron chi connectivity index (χ4n) is 3.28. The van der Waals surface area contributed by atoms with Crippen molar-refractivity contribution in [1.82, 2.24) is 5.32 Å². The van der Waals surface area contributed by atoms with E-state index in [4.69, 9.17) is 16.3 Å². The molecule has 0 saturated heterocycles. The van der Waals surface area contributed by atoms with E-state index in [1.165, 1.54) is 30.3 Å². The van der Waals surface area contributed by atoms with Crippen LogP contribution in [0.15, 0.2) is 71.6 Å². The molecule has 174 valence electrons. The van der Waals surface area contributed by atoms with Crippen molar-refractivity contribution in [3.8, 4) is 5.75 Å². The molecule has 0 bridgehead atoms. The van der Waals surface area contributed by atoms with Crippen LogP contribution in [0.25, 0.3) is 0 Å². The lowest BCUT2D eigenvalue weighted by atomic mass is 10.1. The number of aryl methyl sites for hydroxylation is 2. The fourth-order valence-corrected chi connectivity index (χ4v) is 4.53. The lowest BCUT2D eigenvalue weighted by Gasteiger charge is -2.12. The first-order chi connectivity index (χ1) is 15.8. The van der Waals surface area contributed by atoms with E-state index in [1.54, 1.807) is 12.1 Å². The summed E-state index contributed by atoms with van der Waals surface area (Å²) in [5.41, 5.74) is 2.51. The Labute approximate surface area is 200 Å². The standard InChI is InChI=1S/C25H27ClN2O4S/c1-3-32-24-9-5-4-7-19(24)8-6-16-27-25(29)22-17-20(12-15-23(22)26)28-33(30,31)21-13-10-18(2)11-14-21/h4-5,7,9-15,17,28H,3,6,8,16H2,1-2H3,(H,27,29). The van der Waals surface area contributed by atoms with Crippen LogP contribution in [-0.4, -0.2) is 27.5 Å². The highest BCUT2D eigenvalue weighted by atomic mass is 35.5. The lowest BCUT2D eigenvalue weighted by Crippen LogP contribution is -2.25. The largest absolute Gasteiger partial charge is 0.494 e. The van der Waals surface area contributed by atoms with Crippen molar-refractivity contribution in [3.05, 3.63) is 88.4 Å². The monoisotopic (exact) mass is 486 g/mol. The van der Waals surface area contributed by atoms with Gasteiger partial charge in [-0.05, 0) is 68.7 Å². The Morgan fingerprint density at radius 2 is 1.76 bits per heavy atom. The zero-order chi connectivity index (χ0) is 23.8. The summed E-state index contributed by atoms with van der Waals surface area (Å²) in [4.78, 5) is 12.8. The van der Waals surface area contributed by atoms with Crippen LogP contribution in [0.4, 0.5) is 5.69 Å². The highest BCUT2D eigenvalue weighted by Crippen LogP contribution is 2.23. The Bertz CT molecular complexity index is 1210. The molecule has 33 heavy (non-hydrogen) atoms. The average Bonchev–Trinajstić information content (AvgIpc) is 2.79. The van der Waals surface area contributed by atoms with E-state index >= 15 is 0 Å². The van der Waals surface area contributed by atoms with E-state index in [1.807, 2.05) is 38.1 Å². The maximum absolute atomic E-state index is 12.7. The Morgan fingerprint density at radius 3 is 2.48 bits per heavy atom. The molecule has 0 aliphatic heterocycles. The molecule has 2 N–H and O–H groups in total. The highest BCUT2D eigenvalue weighted by molar-refractivity contribution is 7.92. The van der Waals surface area contributed by atoms with Crippen molar-refractivity contribution < 1.29 is 17.9 Å². The van der Waals surface area contributed by atoms with Crippen LogP contribution in [0.1, 0.15) is 34.8 Å². The van der Waals surface area contributed by atoms with Crippen LogP contribution in [-0.2, 0) is 16.4 Å². The van der Waals surface area contributed by atoms with Gasteiger partial charge >= 0.3 is 0 Å². The van der Waals surface area contributed by atoms with E-state index in [-0.39, 0.29) is 27.1 Å². The number of benzene rings is 3. The summed E-state index contributed by atoms with van der Waals surface area (Å²) in [6, 6.07) is 18.8. The molecule has 0 fully saturated rings. The number of para-hydroxylation sites is 1. The van der Waals surface area contributed by atoms with Gasteiger partial charge in [0.25, 0.3) is 15.9 Å².